The second-order valence-corrected chi connectivity index (χ2v) is 5.70. The van der Waals surface area contributed by atoms with Gasteiger partial charge in [-0.3, -0.25) is 0 Å². The van der Waals surface area contributed by atoms with E-state index in [9.17, 15) is 4.79 Å². The highest BCUT2D eigenvalue weighted by Gasteiger charge is 2.11. The van der Waals surface area contributed by atoms with Crippen LogP contribution in [-0.2, 0) is 0 Å². The van der Waals surface area contributed by atoms with E-state index in [1.165, 1.54) is 5.56 Å². The Labute approximate surface area is 134 Å². The molecular weight excluding hydrogens is 290 g/mol. The van der Waals surface area contributed by atoms with Crippen molar-refractivity contribution in [3.63, 3.8) is 0 Å². The standard InChI is InChI=1S/C19H17NO3/c1-12(2)13-6-8-14(9-7-13)17-11-23-18(20-17)15-4-3-5-16(10-15)19(21)22/h3-12H,1-2H3,(H,21,22). The molecular formula is C19H17NO3. The molecule has 23 heavy (non-hydrogen) atoms. The predicted molar refractivity (Wildman–Crippen MR) is 88.4 cm³/mol. The van der Waals surface area contributed by atoms with E-state index in [0.717, 1.165) is 11.3 Å². The van der Waals surface area contributed by atoms with E-state index in [0.29, 0.717) is 17.4 Å². The van der Waals surface area contributed by atoms with Crippen molar-refractivity contribution in [1.29, 1.82) is 0 Å². The largest absolute Gasteiger partial charge is 0.478 e. The third-order valence-electron chi connectivity index (χ3n) is 3.73. The number of rotatable bonds is 4. The molecule has 3 rings (SSSR count). The van der Waals surface area contributed by atoms with Crippen LogP contribution >= 0.6 is 0 Å². The molecule has 1 heterocycles. The van der Waals surface area contributed by atoms with Crippen LogP contribution in [-0.4, -0.2) is 16.1 Å². The van der Waals surface area contributed by atoms with E-state index in [2.05, 4.69) is 31.0 Å². The number of nitrogens with zero attached hydrogens (tertiary/aromatic N) is 1. The van der Waals surface area contributed by atoms with Gasteiger partial charge in [0.1, 0.15) is 12.0 Å². The van der Waals surface area contributed by atoms with E-state index in [4.69, 9.17) is 9.52 Å². The van der Waals surface area contributed by atoms with Crippen molar-refractivity contribution < 1.29 is 14.3 Å². The second kappa shape index (κ2) is 6.08. The van der Waals surface area contributed by atoms with Crippen molar-refractivity contribution in [2.75, 3.05) is 0 Å². The van der Waals surface area contributed by atoms with E-state index >= 15 is 0 Å². The Morgan fingerprint density at radius 3 is 2.48 bits per heavy atom. The number of carbonyl (C=O) groups is 1. The van der Waals surface area contributed by atoms with Crippen LogP contribution in [0.5, 0.6) is 0 Å². The molecule has 2 aromatic carbocycles. The maximum absolute atomic E-state index is 11.0. The van der Waals surface area contributed by atoms with Crippen molar-refractivity contribution in [3.8, 4) is 22.7 Å². The average Bonchev–Trinajstić information content (AvgIpc) is 3.05. The summed E-state index contributed by atoms with van der Waals surface area (Å²) in [5.74, 6) is -0.0744. The normalized spacial score (nSPS) is 10.9. The Morgan fingerprint density at radius 2 is 1.83 bits per heavy atom. The molecule has 0 aliphatic carbocycles. The maximum atomic E-state index is 11.0. The molecule has 0 aliphatic heterocycles. The molecule has 4 heteroatoms. The van der Waals surface area contributed by atoms with Crippen LogP contribution in [0.4, 0.5) is 0 Å². The van der Waals surface area contributed by atoms with Gasteiger partial charge in [-0.25, -0.2) is 9.78 Å². The molecule has 116 valence electrons. The Morgan fingerprint density at radius 1 is 1.09 bits per heavy atom. The highest BCUT2D eigenvalue weighted by Crippen LogP contribution is 2.26. The van der Waals surface area contributed by atoms with Crippen molar-refractivity contribution in [2.45, 2.75) is 19.8 Å². The summed E-state index contributed by atoms with van der Waals surface area (Å²) in [6, 6.07) is 14.8. The van der Waals surface area contributed by atoms with Crippen molar-refractivity contribution in [3.05, 3.63) is 65.9 Å². The molecule has 0 fully saturated rings. The quantitative estimate of drug-likeness (QED) is 0.749. The van der Waals surface area contributed by atoms with Gasteiger partial charge in [0.25, 0.3) is 0 Å². The van der Waals surface area contributed by atoms with Gasteiger partial charge >= 0.3 is 5.97 Å². The fraction of sp³-hybridized carbons (Fsp3) is 0.158. The van der Waals surface area contributed by atoms with Gasteiger partial charge in [-0.05, 0) is 29.7 Å². The zero-order valence-corrected chi connectivity index (χ0v) is 13.0. The van der Waals surface area contributed by atoms with Gasteiger partial charge in [0, 0.05) is 11.1 Å². The lowest BCUT2D eigenvalue weighted by atomic mass is 10.0. The van der Waals surface area contributed by atoms with Gasteiger partial charge in [0.2, 0.25) is 5.89 Å². The number of oxazole rings is 1. The number of aromatic nitrogens is 1. The van der Waals surface area contributed by atoms with Gasteiger partial charge in [-0.1, -0.05) is 44.2 Å². The molecule has 1 aromatic heterocycles. The van der Waals surface area contributed by atoms with Gasteiger partial charge in [0.05, 0.1) is 5.56 Å². The second-order valence-electron chi connectivity index (χ2n) is 5.70. The maximum Gasteiger partial charge on any atom is 0.335 e. The summed E-state index contributed by atoms with van der Waals surface area (Å²) in [5, 5.41) is 9.06. The Balaban J connectivity index is 1.91. The predicted octanol–water partition coefficient (Wildman–Crippen LogP) is 4.83. The molecule has 0 aliphatic rings. The first kappa shape index (κ1) is 15.0. The summed E-state index contributed by atoms with van der Waals surface area (Å²) in [6.07, 6.45) is 1.59. The number of hydrogen-bond acceptors (Lipinski definition) is 3. The summed E-state index contributed by atoms with van der Waals surface area (Å²) < 4.78 is 5.51. The zero-order valence-electron chi connectivity index (χ0n) is 13.0. The van der Waals surface area contributed by atoms with Gasteiger partial charge in [0.15, 0.2) is 0 Å². The summed E-state index contributed by atoms with van der Waals surface area (Å²) in [7, 11) is 0. The molecule has 0 spiro atoms. The lowest BCUT2D eigenvalue weighted by molar-refractivity contribution is 0.0697. The minimum Gasteiger partial charge on any atom is -0.478 e. The smallest absolute Gasteiger partial charge is 0.335 e. The zero-order chi connectivity index (χ0) is 16.4. The van der Waals surface area contributed by atoms with E-state index in [-0.39, 0.29) is 5.56 Å². The Kier molecular flexibility index (Phi) is 3.98. The van der Waals surface area contributed by atoms with Crippen LogP contribution in [0.25, 0.3) is 22.7 Å². The van der Waals surface area contributed by atoms with Crippen LogP contribution < -0.4 is 0 Å². The summed E-state index contributed by atoms with van der Waals surface area (Å²) in [4.78, 5) is 15.5. The van der Waals surface area contributed by atoms with Crippen LogP contribution in [0, 0.1) is 0 Å². The van der Waals surface area contributed by atoms with E-state index in [1.807, 2.05) is 12.1 Å². The van der Waals surface area contributed by atoms with E-state index < -0.39 is 5.97 Å². The number of carboxylic acids is 1. The summed E-state index contributed by atoms with van der Waals surface area (Å²) in [6.45, 7) is 4.30. The third kappa shape index (κ3) is 3.16. The number of aromatic carboxylic acids is 1. The monoisotopic (exact) mass is 307 g/mol. The topological polar surface area (TPSA) is 63.3 Å². The van der Waals surface area contributed by atoms with Crippen LogP contribution in [0.2, 0.25) is 0 Å². The van der Waals surface area contributed by atoms with Crippen LogP contribution in [0.3, 0.4) is 0 Å². The minimum absolute atomic E-state index is 0.212. The van der Waals surface area contributed by atoms with Gasteiger partial charge in [-0.15, -0.1) is 0 Å². The molecule has 0 bridgehead atoms. The Bertz CT molecular complexity index is 832. The van der Waals surface area contributed by atoms with Crippen molar-refractivity contribution in [2.24, 2.45) is 0 Å². The number of benzene rings is 2. The summed E-state index contributed by atoms with van der Waals surface area (Å²) >= 11 is 0. The molecule has 0 unspecified atom stereocenters. The molecule has 1 N–H and O–H groups in total. The summed E-state index contributed by atoms with van der Waals surface area (Å²) in [5.41, 5.74) is 3.83. The minimum atomic E-state index is -0.970. The fourth-order valence-corrected chi connectivity index (χ4v) is 2.36. The molecule has 3 aromatic rings. The lowest BCUT2D eigenvalue weighted by Gasteiger charge is -2.05. The van der Waals surface area contributed by atoms with Gasteiger partial charge < -0.3 is 9.52 Å². The molecule has 0 radical (unpaired) electrons. The first-order valence-corrected chi connectivity index (χ1v) is 7.44. The average molecular weight is 307 g/mol. The number of carboxylic acid groups (broad SMARTS) is 1. The fourth-order valence-electron chi connectivity index (χ4n) is 2.36. The molecule has 0 amide bonds. The van der Waals surface area contributed by atoms with E-state index in [1.54, 1.807) is 30.5 Å². The molecule has 4 nitrogen and oxygen atoms in total. The first-order chi connectivity index (χ1) is 11.0. The van der Waals surface area contributed by atoms with Gasteiger partial charge in [-0.2, -0.15) is 0 Å². The highest BCUT2D eigenvalue weighted by atomic mass is 16.4. The Hall–Kier alpha value is -2.88. The SMILES string of the molecule is CC(C)c1ccc(-c2coc(-c3cccc(C(=O)O)c3)n2)cc1. The highest BCUT2D eigenvalue weighted by molar-refractivity contribution is 5.89. The molecule has 0 saturated carbocycles. The van der Waals surface area contributed by atoms with Crippen molar-refractivity contribution >= 4 is 5.97 Å². The first-order valence-electron chi connectivity index (χ1n) is 7.44. The van der Waals surface area contributed by atoms with Crippen molar-refractivity contribution in [1.82, 2.24) is 4.98 Å². The van der Waals surface area contributed by atoms with Crippen LogP contribution in [0.15, 0.2) is 59.2 Å². The lowest BCUT2D eigenvalue weighted by Crippen LogP contribution is -1.95. The third-order valence-corrected chi connectivity index (χ3v) is 3.73. The molecule has 0 atom stereocenters. The number of hydrogen-bond donors (Lipinski definition) is 1. The van der Waals surface area contributed by atoms with Crippen LogP contribution in [0.1, 0.15) is 35.7 Å². The molecule has 0 saturated heterocycles.